The van der Waals surface area contributed by atoms with Gasteiger partial charge in [0.05, 0.1) is 5.75 Å². The lowest BCUT2D eigenvalue weighted by atomic mass is 10.5. The van der Waals surface area contributed by atoms with Crippen LogP contribution in [0, 0.1) is 0 Å². The van der Waals surface area contributed by atoms with E-state index in [2.05, 4.69) is 4.98 Å². The molecule has 0 aromatic carbocycles. The quantitative estimate of drug-likeness (QED) is 0.758. The second-order valence-corrected chi connectivity index (χ2v) is 3.31. The minimum absolute atomic E-state index is 0.136. The number of hydrogen-bond donors (Lipinski definition) is 1. The van der Waals surface area contributed by atoms with Crippen molar-refractivity contribution in [2.45, 2.75) is 11.1 Å². The molecule has 0 aliphatic rings. The Balaban J connectivity index is 2.60. The molecule has 0 saturated heterocycles. The highest BCUT2D eigenvalue weighted by Gasteiger charge is 2.27. The molecule has 1 aromatic rings. The molecule has 0 spiro atoms. The third-order valence-corrected chi connectivity index (χ3v) is 2.32. The Hall–Kier alpha value is -0.910. The van der Waals surface area contributed by atoms with Gasteiger partial charge in [0, 0.05) is 11.1 Å². The van der Waals surface area contributed by atoms with Gasteiger partial charge in [-0.25, -0.2) is 4.98 Å². The standard InChI is InChI=1S/C7H7F3N2S/c8-7(9,10)4-13-5-2-1-3-12-6(5)11/h1-3H,4H2,(H2,11,12). The highest BCUT2D eigenvalue weighted by Crippen LogP contribution is 2.29. The molecular formula is C7H7F3N2S. The molecule has 6 heteroatoms. The van der Waals surface area contributed by atoms with Crippen LogP contribution in [0.1, 0.15) is 0 Å². The van der Waals surface area contributed by atoms with Crippen molar-refractivity contribution in [3.63, 3.8) is 0 Å². The number of anilines is 1. The van der Waals surface area contributed by atoms with E-state index in [4.69, 9.17) is 5.73 Å². The van der Waals surface area contributed by atoms with Gasteiger partial charge >= 0.3 is 6.18 Å². The predicted molar refractivity (Wildman–Crippen MR) is 45.4 cm³/mol. The zero-order valence-electron chi connectivity index (χ0n) is 6.51. The molecule has 0 radical (unpaired) electrons. The highest BCUT2D eigenvalue weighted by molar-refractivity contribution is 7.99. The van der Waals surface area contributed by atoms with Crippen molar-refractivity contribution >= 4 is 17.6 Å². The van der Waals surface area contributed by atoms with Gasteiger partial charge in [0.15, 0.2) is 0 Å². The van der Waals surface area contributed by atoms with Crippen molar-refractivity contribution < 1.29 is 13.2 Å². The molecule has 0 aliphatic carbocycles. The Bertz CT molecular complexity index is 287. The Morgan fingerprint density at radius 1 is 1.46 bits per heavy atom. The Morgan fingerprint density at radius 3 is 2.69 bits per heavy atom. The lowest BCUT2D eigenvalue weighted by molar-refractivity contribution is -0.105. The first kappa shape index (κ1) is 10.2. The average molecular weight is 208 g/mol. The summed E-state index contributed by atoms with van der Waals surface area (Å²) in [6, 6.07) is 3.06. The summed E-state index contributed by atoms with van der Waals surface area (Å²) in [5, 5.41) is 0. The summed E-state index contributed by atoms with van der Waals surface area (Å²) in [4.78, 5) is 4.03. The number of alkyl halides is 3. The molecule has 72 valence electrons. The molecule has 1 heterocycles. The van der Waals surface area contributed by atoms with Crippen LogP contribution < -0.4 is 5.73 Å². The number of halogens is 3. The fraction of sp³-hybridized carbons (Fsp3) is 0.286. The van der Waals surface area contributed by atoms with Gasteiger partial charge in [-0.2, -0.15) is 13.2 Å². The monoisotopic (exact) mass is 208 g/mol. The number of hydrogen-bond acceptors (Lipinski definition) is 3. The number of nitrogens with two attached hydrogens (primary N) is 1. The minimum Gasteiger partial charge on any atom is -0.383 e. The first-order valence-corrected chi connectivity index (χ1v) is 4.37. The van der Waals surface area contributed by atoms with Gasteiger partial charge in [-0.15, -0.1) is 11.8 Å². The van der Waals surface area contributed by atoms with Crippen LogP contribution >= 0.6 is 11.8 Å². The number of thioether (sulfide) groups is 1. The average Bonchev–Trinajstić information content (AvgIpc) is 2.01. The third-order valence-electron chi connectivity index (χ3n) is 1.19. The van der Waals surface area contributed by atoms with Crippen LogP contribution in [-0.4, -0.2) is 16.9 Å². The highest BCUT2D eigenvalue weighted by atomic mass is 32.2. The third kappa shape index (κ3) is 3.54. The fourth-order valence-corrected chi connectivity index (χ4v) is 1.38. The smallest absolute Gasteiger partial charge is 0.383 e. The number of rotatable bonds is 2. The number of nitrogen functional groups attached to an aromatic ring is 1. The van der Waals surface area contributed by atoms with Gasteiger partial charge in [0.1, 0.15) is 5.82 Å². The van der Waals surface area contributed by atoms with Gasteiger partial charge in [-0.05, 0) is 12.1 Å². The number of aromatic nitrogens is 1. The molecule has 1 aromatic heterocycles. The SMILES string of the molecule is Nc1ncccc1SCC(F)(F)F. The normalized spacial score (nSPS) is 11.6. The molecule has 1 rings (SSSR count). The molecule has 13 heavy (non-hydrogen) atoms. The summed E-state index contributed by atoms with van der Waals surface area (Å²) >= 11 is 0.641. The van der Waals surface area contributed by atoms with Gasteiger partial charge in [0.25, 0.3) is 0 Å². The maximum atomic E-state index is 11.8. The van der Waals surface area contributed by atoms with Crippen molar-refractivity contribution in [1.82, 2.24) is 4.98 Å². The van der Waals surface area contributed by atoms with E-state index in [1.165, 1.54) is 12.3 Å². The van der Waals surface area contributed by atoms with Crippen LogP contribution in [0.15, 0.2) is 23.2 Å². The maximum Gasteiger partial charge on any atom is 0.398 e. The predicted octanol–water partition coefficient (Wildman–Crippen LogP) is 2.32. The van der Waals surface area contributed by atoms with Crippen LogP contribution in [0.2, 0.25) is 0 Å². The molecule has 2 N–H and O–H groups in total. The summed E-state index contributed by atoms with van der Waals surface area (Å²) in [6.07, 6.45) is -2.74. The van der Waals surface area contributed by atoms with Crippen LogP contribution in [0.5, 0.6) is 0 Å². The molecule has 0 saturated carbocycles. The van der Waals surface area contributed by atoms with Crippen molar-refractivity contribution in [3.8, 4) is 0 Å². The van der Waals surface area contributed by atoms with E-state index in [9.17, 15) is 13.2 Å². The lowest BCUT2D eigenvalue weighted by Crippen LogP contribution is -2.10. The van der Waals surface area contributed by atoms with Crippen molar-refractivity contribution in [2.24, 2.45) is 0 Å². The fourth-order valence-electron chi connectivity index (χ4n) is 0.684. The Labute approximate surface area is 77.3 Å². The second kappa shape index (κ2) is 3.87. The van der Waals surface area contributed by atoms with Crippen molar-refractivity contribution in [3.05, 3.63) is 18.3 Å². The van der Waals surface area contributed by atoms with Crippen molar-refractivity contribution in [1.29, 1.82) is 0 Å². The molecular weight excluding hydrogens is 201 g/mol. The van der Waals surface area contributed by atoms with Crippen LogP contribution in [-0.2, 0) is 0 Å². The summed E-state index contributed by atoms with van der Waals surface area (Å²) in [5.74, 6) is -0.806. The molecule has 0 aliphatic heterocycles. The number of pyridine rings is 1. The van der Waals surface area contributed by atoms with Crippen LogP contribution in [0.25, 0.3) is 0 Å². The largest absolute Gasteiger partial charge is 0.398 e. The zero-order chi connectivity index (χ0) is 9.90. The van der Waals surface area contributed by atoms with Gasteiger partial charge in [-0.3, -0.25) is 0 Å². The first-order valence-electron chi connectivity index (χ1n) is 3.39. The molecule has 0 fully saturated rings. The molecule has 0 unspecified atom stereocenters. The Morgan fingerprint density at radius 2 is 2.15 bits per heavy atom. The van der Waals surface area contributed by atoms with Gasteiger partial charge in [-0.1, -0.05) is 0 Å². The van der Waals surface area contributed by atoms with Gasteiger partial charge in [0.2, 0.25) is 0 Å². The summed E-state index contributed by atoms with van der Waals surface area (Å²) in [7, 11) is 0. The van der Waals surface area contributed by atoms with E-state index in [0.29, 0.717) is 16.7 Å². The molecule has 0 bridgehead atoms. The maximum absolute atomic E-state index is 11.8. The molecule has 0 amide bonds. The summed E-state index contributed by atoms with van der Waals surface area (Å²) < 4.78 is 35.4. The second-order valence-electron chi connectivity index (χ2n) is 2.29. The number of nitrogens with zero attached hydrogens (tertiary/aromatic N) is 1. The zero-order valence-corrected chi connectivity index (χ0v) is 7.32. The van der Waals surface area contributed by atoms with E-state index in [-0.39, 0.29) is 5.82 Å². The van der Waals surface area contributed by atoms with E-state index in [1.807, 2.05) is 0 Å². The summed E-state index contributed by atoms with van der Waals surface area (Å²) in [5.41, 5.74) is 5.35. The summed E-state index contributed by atoms with van der Waals surface area (Å²) in [6.45, 7) is 0. The first-order chi connectivity index (χ1) is 5.99. The van der Waals surface area contributed by atoms with E-state index >= 15 is 0 Å². The van der Waals surface area contributed by atoms with E-state index in [1.54, 1.807) is 6.07 Å². The topological polar surface area (TPSA) is 38.9 Å². The van der Waals surface area contributed by atoms with Crippen LogP contribution in [0.4, 0.5) is 19.0 Å². The molecule has 0 atom stereocenters. The molecule has 2 nitrogen and oxygen atoms in total. The lowest BCUT2D eigenvalue weighted by Gasteiger charge is -2.06. The van der Waals surface area contributed by atoms with Gasteiger partial charge < -0.3 is 5.73 Å². The Kier molecular flexibility index (Phi) is 3.02. The van der Waals surface area contributed by atoms with E-state index in [0.717, 1.165) is 0 Å². The van der Waals surface area contributed by atoms with Crippen LogP contribution in [0.3, 0.4) is 0 Å². The van der Waals surface area contributed by atoms with Crippen molar-refractivity contribution in [2.75, 3.05) is 11.5 Å². The van der Waals surface area contributed by atoms with E-state index < -0.39 is 11.9 Å². The minimum atomic E-state index is -4.17.